The molecule has 1 aliphatic rings. The van der Waals surface area contributed by atoms with Gasteiger partial charge < -0.3 is 4.90 Å². The van der Waals surface area contributed by atoms with Crippen LogP contribution in [0.3, 0.4) is 0 Å². The van der Waals surface area contributed by atoms with Crippen LogP contribution in [0.1, 0.15) is 23.2 Å². The Hall–Kier alpha value is -4.26. The molecule has 1 aliphatic heterocycles. The van der Waals surface area contributed by atoms with Gasteiger partial charge in [-0.25, -0.2) is 4.52 Å². The number of hydrogen-bond donors (Lipinski definition) is 0. The average Bonchev–Trinajstić information content (AvgIpc) is 3.64. The van der Waals surface area contributed by atoms with Gasteiger partial charge in [-0.2, -0.15) is 10.2 Å². The highest BCUT2D eigenvalue weighted by Crippen LogP contribution is 2.29. The number of nitrogens with zero attached hydrogens (tertiary/aromatic N) is 6. The van der Waals surface area contributed by atoms with Crippen molar-refractivity contribution < 1.29 is 4.79 Å². The largest absolute Gasteiger partial charge is 0.334 e. The van der Waals surface area contributed by atoms with Gasteiger partial charge in [0.25, 0.3) is 5.91 Å². The van der Waals surface area contributed by atoms with Crippen LogP contribution in [-0.4, -0.2) is 47.8 Å². The van der Waals surface area contributed by atoms with Crippen LogP contribution in [-0.2, 0) is 6.54 Å². The fraction of sp³-hybridized carbons (Fsp3) is 0.185. The molecular formula is C27H24N6O. The summed E-state index contributed by atoms with van der Waals surface area (Å²) in [5.41, 5.74) is 4.75. The number of fused-ring (bicyclic) bond motifs is 1. The number of amides is 1. The molecule has 0 unspecified atom stereocenters. The highest BCUT2D eigenvalue weighted by Gasteiger charge is 2.33. The SMILES string of the molecule is O=C(c1c(-c2ccccn2)nn2ccccc12)N1CCC[C@H]1Cn1ccc(-c2ccccc2)n1. The summed E-state index contributed by atoms with van der Waals surface area (Å²) in [6.07, 6.45) is 7.52. The second-order valence-corrected chi connectivity index (χ2v) is 8.55. The topological polar surface area (TPSA) is 68.3 Å². The van der Waals surface area contributed by atoms with E-state index < -0.39 is 0 Å². The molecule has 34 heavy (non-hydrogen) atoms. The lowest BCUT2D eigenvalue weighted by atomic mass is 10.1. The minimum Gasteiger partial charge on any atom is -0.334 e. The summed E-state index contributed by atoms with van der Waals surface area (Å²) in [6, 6.07) is 23.7. The lowest BCUT2D eigenvalue weighted by Gasteiger charge is -2.25. The number of rotatable bonds is 5. The highest BCUT2D eigenvalue weighted by molar-refractivity contribution is 6.06. The minimum absolute atomic E-state index is 0.000193. The third kappa shape index (κ3) is 3.65. The van der Waals surface area contributed by atoms with Gasteiger partial charge in [0.15, 0.2) is 0 Å². The molecule has 0 aliphatic carbocycles. The van der Waals surface area contributed by atoms with E-state index in [-0.39, 0.29) is 11.9 Å². The molecule has 5 aromatic rings. The van der Waals surface area contributed by atoms with Crippen LogP contribution in [0.4, 0.5) is 0 Å². The Bertz CT molecular complexity index is 1440. The first kappa shape index (κ1) is 20.4. The predicted octanol–water partition coefficient (Wildman–Crippen LogP) is 4.56. The zero-order valence-electron chi connectivity index (χ0n) is 18.7. The maximum atomic E-state index is 14.0. The second-order valence-electron chi connectivity index (χ2n) is 8.55. The van der Waals surface area contributed by atoms with E-state index in [1.54, 1.807) is 10.7 Å². The zero-order valence-corrected chi connectivity index (χ0v) is 18.7. The summed E-state index contributed by atoms with van der Waals surface area (Å²) < 4.78 is 3.72. The Morgan fingerprint density at radius 2 is 1.74 bits per heavy atom. The van der Waals surface area contributed by atoms with Crippen molar-refractivity contribution in [2.45, 2.75) is 25.4 Å². The lowest BCUT2D eigenvalue weighted by molar-refractivity contribution is 0.0724. The number of likely N-dealkylation sites (tertiary alicyclic amines) is 1. The summed E-state index contributed by atoms with van der Waals surface area (Å²) in [6.45, 7) is 1.39. The van der Waals surface area contributed by atoms with Gasteiger partial charge in [0.05, 0.1) is 35.1 Å². The Labute approximate surface area is 197 Å². The van der Waals surface area contributed by atoms with Crippen molar-refractivity contribution in [3.05, 3.63) is 97.0 Å². The summed E-state index contributed by atoms with van der Waals surface area (Å²) in [5, 5.41) is 9.48. The quantitative estimate of drug-likeness (QED) is 0.395. The number of hydrogen-bond acceptors (Lipinski definition) is 4. The van der Waals surface area contributed by atoms with Crippen molar-refractivity contribution in [1.82, 2.24) is 29.3 Å². The number of carbonyl (C=O) groups excluding carboxylic acids is 1. The van der Waals surface area contributed by atoms with E-state index in [9.17, 15) is 4.79 Å². The van der Waals surface area contributed by atoms with E-state index in [0.29, 0.717) is 23.5 Å². The molecule has 4 aromatic heterocycles. The number of carbonyl (C=O) groups is 1. The van der Waals surface area contributed by atoms with Gasteiger partial charge in [0.2, 0.25) is 0 Å². The van der Waals surface area contributed by atoms with Gasteiger partial charge in [-0.1, -0.05) is 42.5 Å². The molecule has 0 N–H and O–H groups in total. The molecule has 7 nitrogen and oxygen atoms in total. The summed E-state index contributed by atoms with van der Waals surface area (Å²) in [5.74, 6) is -0.000193. The van der Waals surface area contributed by atoms with Crippen LogP contribution in [0.2, 0.25) is 0 Å². The third-order valence-electron chi connectivity index (χ3n) is 6.41. The number of pyridine rings is 2. The van der Waals surface area contributed by atoms with Crippen LogP contribution < -0.4 is 0 Å². The molecule has 1 aromatic carbocycles. The molecule has 0 saturated carbocycles. The van der Waals surface area contributed by atoms with Crippen molar-refractivity contribution in [3.63, 3.8) is 0 Å². The van der Waals surface area contributed by atoms with Crippen molar-refractivity contribution in [3.8, 4) is 22.6 Å². The van der Waals surface area contributed by atoms with Gasteiger partial charge in [0.1, 0.15) is 5.69 Å². The Balaban J connectivity index is 1.32. The third-order valence-corrected chi connectivity index (χ3v) is 6.41. The van der Waals surface area contributed by atoms with E-state index in [0.717, 1.165) is 36.2 Å². The maximum Gasteiger partial charge on any atom is 0.258 e. The molecule has 1 saturated heterocycles. The van der Waals surface area contributed by atoms with Gasteiger partial charge in [-0.05, 0) is 43.2 Å². The monoisotopic (exact) mass is 448 g/mol. The fourth-order valence-corrected chi connectivity index (χ4v) is 4.77. The van der Waals surface area contributed by atoms with E-state index in [2.05, 4.69) is 17.1 Å². The molecule has 1 atom stereocenters. The average molecular weight is 449 g/mol. The van der Waals surface area contributed by atoms with Crippen LogP contribution >= 0.6 is 0 Å². The molecule has 168 valence electrons. The Morgan fingerprint density at radius 3 is 2.59 bits per heavy atom. The first-order valence-corrected chi connectivity index (χ1v) is 11.6. The van der Waals surface area contributed by atoms with E-state index >= 15 is 0 Å². The normalized spacial score (nSPS) is 15.8. The van der Waals surface area contributed by atoms with Crippen molar-refractivity contribution >= 4 is 11.4 Å². The smallest absolute Gasteiger partial charge is 0.258 e. The van der Waals surface area contributed by atoms with E-state index in [1.165, 1.54) is 0 Å². The van der Waals surface area contributed by atoms with E-state index in [1.807, 2.05) is 82.6 Å². The first-order chi connectivity index (χ1) is 16.8. The van der Waals surface area contributed by atoms with Crippen molar-refractivity contribution in [2.75, 3.05) is 6.54 Å². The number of benzene rings is 1. The Kier molecular flexibility index (Phi) is 5.14. The fourth-order valence-electron chi connectivity index (χ4n) is 4.77. The Morgan fingerprint density at radius 1 is 0.882 bits per heavy atom. The molecule has 0 bridgehead atoms. The molecule has 0 spiro atoms. The highest BCUT2D eigenvalue weighted by atomic mass is 16.2. The van der Waals surface area contributed by atoms with Crippen LogP contribution in [0.15, 0.2) is 91.4 Å². The van der Waals surface area contributed by atoms with Crippen LogP contribution in [0.5, 0.6) is 0 Å². The maximum absolute atomic E-state index is 14.0. The predicted molar refractivity (Wildman–Crippen MR) is 130 cm³/mol. The van der Waals surface area contributed by atoms with Gasteiger partial charge >= 0.3 is 0 Å². The molecule has 1 amide bonds. The zero-order chi connectivity index (χ0) is 22.9. The summed E-state index contributed by atoms with van der Waals surface area (Å²) >= 11 is 0. The lowest BCUT2D eigenvalue weighted by Crippen LogP contribution is -2.38. The second kappa shape index (κ2) is 8.59. The molecular weight excluding hydrogens is 424 g/mol. The molecule has 5 heterocycles. The molecule has 0 radical (unpaired) electrons. The standard InChI is InChI=1S/C27H24N6O/c34-27(25-24-13-5-7-17-33(24)30-26(25)23-12-4-6-15-28-23)32-16-8-11-21(32)19-31-18-14-22(29-31)20-9-2-1-3-10-20/h1-7,9-10,12-15,17-18,21H,8,11,16,19H2/t21-/m0/s1. The van der Waals surface area contributed by atoms with E-state index in [4.69, 9.17) is 10.2 Å². The van der Waals surface area contributed by atoms with Crippen molar-refractivity contribution in [1.29, 1.82) is 0 Å². The summed E-state index contributed by atoms with van der Waals surface area (Å²) in [4.78, 5) is 20.4. The van der Waals surface area contributed by atoms with Crippen LogP contribution in [0.25, 0.3) is 28.2 Å². The van der Waals surface area contributed by atoms with Crippen molar-refractivity contribution in [2.24, 2.45) is 0 Å². The minimum atomic E-state index is -0.000193. The van der Waals surface area contributed by atoms with Gasteiger partial charge in [-0.15, -0.1) is 0 Å². The number of aromatic nitrogens is 5. The first-order valence-electron chi connectivity index (χ1n) is 11.6. The molecule has 1 fully saturated rings. The van der Waals surface area contributed by atoms with Gasteiger partial charge in [-0.3, -0.25) is 14.5 Å². The summed E-state index contributed by atoms with van der Waals surface area (Å²) in [7, 11) is 0. The van der Waals surface area contributed by atoms with Crippen LogP contribution in [0, 0.1) is 0 Å². The molecule has 7 heteroatoms. The molecule has 6 rings (SSSR count). The van der Waals surface area contributed by atoms with Gasteiger partial charge in [0, 0.05) is 30.7 Å².